The summed E-state index contributed by atoms with van der Waals surface area (Å²) in [4.78, 5) is 11.9. The minimum atomic E-state index is -1.05. The first-order chi connectivity index (χ1) is 8.56. The van der Waals surface area contributed by atoms with Gasteiger partial charge in [-0.2, -0.15) is 0 Å². The van der Waals surface area contributed by atoms with Crippen LogP contribution in [0.3, 0.4) is 0 Å². The van der Waals surface area contributed by atoms with Crippen molar-refractivity contribution in [1.29, 1.82) is 0 Å². The molecule has 0 fully saturated rings. The van der Waals surface area contributed by atoms with Gasteiger partial charge in [0.25, 0.3) is 0 Å². The molecule has 0 atom stereocenters. The van der Waals surface area contributed by atoms with E-state index in [2.05, 4.69) is 0 Å². The molecule has 0 amide bonds. The second-order valence-electron chi connectivity index (χ2n) is 3.56. The van der Waals surface area contributed by atoms with Crippen LogP contribution in [0.5, 0.6) is 5.75 Å². The average molecular weight is 284 g/mol. The lowest BCUT2D eigenvalue weighted by Crippen LogP contribution is -2.03. The number of anilines is 1. The Hall–Kier alpha value is -1.72. The van der Waals surface area contributed by atoms with Crippen LogP contribution in [-0.2, 0) is 6.61 Å². The molecule has 2 rings (SSSR count). The Kier molecular flexibility index (Phi) is 3.74. The summed E-state index contributed by atoms with van der Waals surface area (Å²) in [5.41, 5.74) is 6.16. The summed E-state index contributed by atoms with van der Waals surface area (Å²) in [6, 6.07) is 8.05. The lowest BCUT2D eigenvalue weighted by Gasteiger charge is -2.08. The Bertz CT molecular complexity index is 582. The highest BCUT2D eigenvalue weighted by molar-refractivity contribution is 7.16. The molecule has 0 aliphatic carbocycles. The molecule has 1 heterocycles. The van der Waals surface area contributed by atoms with Gasteiger partial charge in [0.1, 0.15) is 17.9 Å². The number of hydrogen-bond acceptors (Lipinski definition) is 4. The number of carboxylic acids is 1. The van der Waals surface area contributed by atoms with Gasteiger partial charge in [0.15, 0.2) is 0 Å². The summed E-state index contributed by atoms with van der Waals surface area (Å²) in [6.45, 7) is 0.265. The fraction of sp³-hybridized carbons (Fsp3) is 0.0833. The molecule has 0 saturated carbocycles. The molecule has 0 unspecified atom stereocenters. The zero-order valence-corrected chi connectivity index (χ0v) is 10.8. The highest BCUT2D eigenvalue weighted by Crippen LogP contribution is 2.26. The van der Waals surface area contributed by atoms with Gasteiger partial charge in [0, 0.05) is 16.6 Å². The number of ether oxygens (including phenoxy) is 1. The third kappa shape index (κ3) is 2.94. The lowest BCUT2D eigenvalue weighted by atomic mass is 10.2. The van der Waals surface area contributed by atoms with Gasteiger partial charge in [-0.1, -0.05) is 11.6 Å². The molecule has 2 aromatic rings. The van der Waals surface area contributed by atoms with Crippen LogP contribution in [0, 0.1) is 0 Å². The van der Waals surface area contributed by atoms with Crippen LogP contribution < -0.4 is 10.5 Å². The van der Waals surface area contributed by atoms with Gasteiger partial charge >= 0.3 is 5.97 Å². The van der Waals surface area contributed by atoms with Crippen molar-refractivity contribution in [2.24, 2.45) is 0 Å². The third-order valence-corrected chi connectivity index (χ3v) is 3.44. The van der Waals surface area contributed by atoms with Crippen molar-refractivity contribution in [2.45, 2.75) is 6.61 Å². The quantitative estimate of drug-likeness (QED) is 0.845. The van der Waals surface area contributed by atoms with Gasteiger partial charge < -0.3 is 15.6 Å². The van der Waals surface area contributed by atoms with Crippen LogP contribution in [0.25, 0.3) is 0 Å². The number of aromatic carboxylic acids is 1. The Morgan fingerprint density at radius 2 is 2.17 bits per heavy atom. The maximum Gasteiger partial charge on any atom is 0.339 e. The van der Waals surface area contributed by atoms with E-state index in [0.717, 1.165) is 4.88 Å². The molecule has 0 bridgehead atoms. The minimum absolute atomic E-state index is 0.0897. The zero-order valence-electron chi connectivity index (χ0n) is 9.22. The molecule has 94 valence electrons. The molecule has 0 spiro atoms. The Balaban J connectivity index is 2.17. The average Bonchev–Trinajstić information content (AvgIpc) is 2.72. The molecule has 3 N–H and O–H groups in total. The number of rotatable bonds is 4. The van der Waals surface area contributed by atoms with Crippen LogP contribution >= 0.6 is 22.9 Å². The SMILES string of the molecule is Nc1ccc(C(=O)O)c(OCc2ccc(Cl)s2)c1. The van der Waals surface area contributed by atoms with E-state index in [0.29, 0.717) is 10.0 Å². The van der Waals surface area contributed by atoms with E-state index in [1.54, 1.807) is 6.07 Å². The van der Waals surface area contributed by atoms with E-state index in [1.165, 1.54) is 29.5 Å². The zero-order chi connectivity index (χ0) is 13.1. The van der Waals surface area contributed by atoms with Gasteiger partial charge in [-0.15, -0.1) is 11.3 Å². The molecule has 0 aliphatic rings. The van der Waals surface area contributed by atoms with E-state index in [4.69, 9.17) is 27.2 Å². The monoisotopic (exact) mass is 283 g/mol. The summed E-state index contributed by atoms with van der Waals surface area (Å²) in [7, 11) is 0. The molecule has 6 heteroatoms. The van der Waals surface area contributed by atoms with E-state index in [9.17, 15) is 4.79 Å². The maximum atomic E-state index is 11.0. The summed E-state index contributed by atoms with van der Waals surface area (Å²) < 4.78 is 6.14. The van der Waals surface area contributed by atoms with Crippen LogP contribution in [0.15, 0.2) is 30.3 Å². The first kappa shape index (κ1) is 12.7. The molecule has 0 saturated heterocycles. The molecular formula is C12H10ClNO3S. The van der Waals surface area contributed by atoms with Crippen LogP contribution in [0.4, 0.5) is 5.69 Å². The third-order valence-electron chi connectivity index (χ3n) is 2.23. The van der Waals surface area contributed by atoms with Gasteiger partial charge in [0.05, 0.1) is 4.34 Å². The number of carbonyl (C=O) groups is 1. The largest absolute Gasteiger partial charge is 0.487 e. The highest BCUT2D eigenvalue weighted by atomic mass is 35.5. The van der Waals surface area contributed by atoms with E-state index in [1.807, 2.05) is 6.07 Å². The molecule has 18 heavy (non-hydrogen) atoms. The number of nitrogens with two attached hydrogens (primary N) is 1. The first-order valence-corrected chi connectivity index (χ1v) is 6.25. The topological polar surface area (TPSA) is 72.6 Å². The van der Waals surface area contributed by atoms with Gasteiger partial charge in [-0.25, -0.2) is 4.79 Å². The van der Waals surface area contributed by atoms with Crippen molar-refractivity contribution in [3.63, 3.8) is 0 Å². The van der Waals surface area contributed by atoms with Gasteiger partial charge in [0.2, 0.25) is 0 Å². The maximum absolute atomic E-state index is 11.0. The van der Waals surface area contributed by atoms with Crippen molar-refractivity contribution in [2.75, 3.05) is 5.73 Å². The molecular weight excluding hydrogens is 274 g/mol. The van der Waals surface area contributed by atoms with Crippen molar-refractivity contribution in [1.82, 2.24) is 0 Å². The van der Waals surface area contributed by atoms with Crippen molar-refractivity contribution >= 4 is 34.6 Å². The fourth-order valence-corrected chi connectivity index (χ4v) is 2.41. The predicted octanol–water partition coefficient (Wildman–Crippen LogP) is 3.26. The Morgan fingerprint density at radius 3 is 2.78 bits per heavy atom. The van der Waals surface area contributed by atoms with Crippen LogP contribution in [0.2, 0.25) is 4.34 Å². The molecule has 0 aliphatic heterocycles. The van der Waals surface area contributed by atoms with Crippen LogP contribution in [0.1, 0.15) is 15.2 Å². The summed E-state index contributed by atoms with van der Waals surface area (Å²) in [5, 5.41) is 9.02. The molecule has 0 radical (unpaired) electrons. The number of benzene rings is 1. The number of thiophene rings is 1. The predicted molar refractivity (Wildman–Crippen MR) is 71.5 cm³/mol. The standard InChI is InChI=1S/C12H10ClNO3S/c13-11-4-2-8(18-11)6-17-10-5-7(14)1-3-9(10)12(15)16/h1-5H,6,14H2,(H,15,16). The van der Waals surface area contributed by atoms with Crippen molar-refractivity contribution in [3.05, 3.63) is 45.1 Å². The Morgan fingerprint density at radius 1 is 1.39 bits per heavy atom. The van der Waals surface area contributed by atoms with Crippen molar-refractivity contribution in [3.8, 4) is 5.75 Å². The Labute approximate surface area is 113 Å². The normalized spacial score (nSPS) is 10.3. The number of nitrogen functional groups attached to an aromatic ring is 1. The van der Waals surface area contributed by atoms with E-state index in [-0.39, 0.29) is 17.9 Å². The molecule has 1 aromatic carbocycles. The minimum Gasteiger partial charge on any atom is -0.487 e. The van der Waals surface area contributed by atoms with Crippen LogP contribution in [-0.4, -0.2) is 11.1 Å². The number of carboxylic acid groups (broad SMARTS) is 1. The van der Waals surface area contributed by atoms with E-state index < -0.39 is 5.97 Å². The fourth-order valence-electron chi connectivity index (χ4n) is 1.41. The van der Waals surface area contributed by atoms with E-state index >= 15 is 0 Å². The summed E-state index contributed by atoms with van der Waals surface area (Å²) >= 11 is 7.19. The van der Waals surface area contributed by atoms with Gasteiger partial charge in [-0.3, -0.25) is 0 Å². The second kappa shape index (κ2) is 5.29. The number of halogens is 1. The lowest BCUT2D eigenvalue weighted by molar-refractivity contribution is 0.0692. The summed E-state index contributed by atoms with van der Waals surface area (Å²) in [5.74, 6) is -0.791. The molecule has 4 nitrogen and oxygen atoms in total. The number of hydrogen-bond donors (Lipinski definition) is 2. The first-order valence-electron chi connectivity index (χ1n) is 5.06. The summed E-state index contributed by atoms with van der Waals surface area (Å²) in [6.07, 6.45) is 0. The molecule has 1 aromatic heterocycles. The van der Waals surface area contributed by atoms with Crippen molar-refractivity contribution < 1.29 is 14.6 Å². The highest BCUT2D eigenvalue weighted by Gasteiger charge is 2.12. The van der Waals surface area contributed by atoms with Gasteiger partial charge in [-0.05, 0) is 24.3 Å². The second-order valence-corrected chi connectivity index (χ2v) is 5.35. The smallest absolute Gasteiger partial charge is 0.339 e.